The smallest absolute Gasteiger partial charge is 0.295 e. The molecule has 2 aliphatic heterocycles. The summed E-state index contributed by atoms with van der Waals surface area (Å²) in [4.78, 5) is 29.0. The number of carbonyl (C=O) groups excluding carboxylic acids is 2. The quantitative estimate of drug-likeness (QED) is 0.640. The predicted octanol–water partition coefficient (Wildman–Crippen LogP) is 1.73. The van der Waals surface area contributed by atoms with Crippen molar-refractivity contribution in [3.8, 4) is 0 Å². The summed E-state index contributed by atoms with van der Waals surface area (Å²) in [6.07, 6.45) is 7.12. The Labute approximate surface area is 182 Å². The molecule has 2 aliphatic carbocycles. The Hall–Kier alpha value is -2.10. The molecule has 1 aromatic heterocycles. The fourth-order valence-corrected chi connectivity index (χ4v) is 8.33. The van der Waals surface area contributed by atoms with Crippen molar-refractivity contribution < 1.29 is 13.8 Å². The van der Waals surface area contributed by atoms with Crippen LogP contribution in [0.2, 0.25) is 0 Å². The Morgan fingerprint density at radius 2 is 1.81 bits per heavy atom. The fourth-order valence-electron chi connectivity index (χ4n) is 5.63. The molecule has 0 aromatic carbocycles. The molecule has 0 N–H and O–H groups in total. The molecule has 4 bridgehead atoms. The van der Waals surface area contributed by atoms with Crippen LogP contribution in [0.1, 0.15) is 50.7 Å². The number of tetrazole rings is 1. The van der Waals surface area contributed by atoms with Crippen LogP contribution in [0.3, 0.4) is 0 Å². The van der Waals surface area contributed by atoms with E-state index in [1.54, 1.807) is 4.90 Å². The van der Waals surface area contributed by atoms with E-state index in [2.05, 4.69) is 31.9 Å². The van der Waals surface area contributed by atoms with Gasteiger partial charge < -0.3 is 4.90 Å². The normalized spacial score (nSPS) is 36.6. The van der Waals surface area contributed by atoms with Gasteiger partial charge in [0.1, 0.15) is 0 Å². The molecule has 5 rings (SSSR count). The van der Waals surface area contributed by atoms with Gasteiger partial charge in [0.25, 0.3) is 17.6 Å². The topological polar surface area (TPSA) is 110 Å². The summed E-state index contributed by atoms with van der Waals surface area (Å²) in [7, 11) is -2.57. The van der Waals surface area contributed by atoms with Gasteiger partial charge in [-0.1, -0.05) is 12.2 Å². The maximum atomic E-state index is 13.5. The molecule has 3 heterocycles. The number of nitrogens with zero attached hydrogens (tertiary/aromatic N) is 6. The zero-order valence-electron chi connectivity index (χ0n) is 18.3. The third-order valence-corrected chi connectivity index (χ3v) is 9.46. The second kappa shape index (κ2) is 7.21. The van der Waals surface area contributed by atoms with Crippen LogP contribution in [0.15, 0.2) is 16.5 Å². The summed E-state index contributed by atoms with van der Waals surface area (Å²) in [6.45, 7) is 6.84. The van der Waals surface area contributed by atoms with Crippen LogP contribution < -0.4 is 0 Å². The zero-order chi connectivity index (χ0) is 22.0. The first-order valence-electron chi connectivity index (χ1n) is 11.1. The lowest BCUT2D eigenvalue weighted by Gasteiger charge is -2.41. The Morgan fingerprint density at radius 3 is 2.35 bits per heavy atom. The molecular formula is C21H30N6O3S. The first-order chi connectivity index (χ1) is 14.6. The molecule has 5 unspecified atom stereocenters. The highest BCUT2D eigenvalue weighted by Gasteiger charge is 2.43. The van der Waals surface area contributed by atoms with Crippen LogP contribution in [0.4, 0.5) is 0 Å². The summed E-state index contributed by atoms with van der Waals surface area (Å²) in [5.74, 6) is 1.30. The number of aromatic nitrogens is 4. The zero-order valence-corrected chi connectivity index (χ0v) is 19.1. The Bertz CT molecular complexity index is 1040. The number of carbonyl (C=O) groups is 2. The van der Waals surface area contributed by atoms with Crippen LogP contribution in [-0.2, 0) is 20.1 Å². The average Bonchev–Trinajstić information content (AvgIpc) is 3.42. The van der Waals surface area contributed by atoms with E-state index in [1.807, 2.05) is 20.8 Å². The third-order valence-electron chi connectivity index (χ3n) is 6.96. The van der Waals surface area contributed by atoms with Crippen LogP contribution in [-0.4, -0.2) is 65.7 Å². The minimum atomic E-state index is -2.57. The van der Waals surface area contributed by atoms with Crippen LogP contribution in [0, 0.1) is 29.6 Å². The van der Waals surface area contributed by atoms with E-state index in [0.29, 0.717) is 30.5 Å². The number of likely N-dealkylation sites (tertiary alicyclic amines) is 1. The minimum Gasteiger partial charge on any atom is -0.335 e. The molecule has 31 heavy (non-hydrogen) atoms. The minimum absolute atomic E-state index is 0.0816. The van der Waals surface area contributed by atoms with Gasteiger partial charge in [-0.15, -0.1) is 10.2 Å². The van der Waals surface area contributed by atoms with Gasteiger partial charge in [-0.2, -0.15) is 9.16 Å². The summed E-state index contributed by atoms with van der Waals surface area (Å²) < 4.78 is 17.8. The Morgan fingerprint density at radius 1 is 1.10 bits per heavy atom. The largest absolute Gasteiger partial charge is 0.335 e. The maximum absolute atomic E-state index is 13.5. The highest BCUT2D eigenvalue weighted by atomic mass is 32.2. The fraction of sp³-hybridized carbons (Fsp3) is 0.762. The molecule has 0 spiro atoms. The van der Waals surface area contributed by atoms with Gasteiger partial charge in [-0.3, -0.25) is 9.59 Å². The average molecular weight is 447 g/mol. The lowest BCUT2D eigenvalue weighted by Crippen LogP contribution is -2.51. The summed E-state index contributed by atoms with van der Waals surface area (Å²) >= 11 is 0. The van der Waals surface area contributed by atoms with Crippen molar-refractivity contribution in [1.29, 1.82) is 0 Å². The molecule has 1 saturated carbocycles. The maximum Gasteiger partial charge on any atom is 0.295 e. The van der Waals surface area contributed by atoms with Gasteiger partial charge in [-0.25, -0.2) is 4.21 Å². The van der Waals surface area contributed by atoms with Gasteiger partial charge in [0.2, 0.25) is 0 Å². The number of allylic oxidation sites excluding steroid dienone is 2. The van der Waals surface area contributed by atoms with E-state index >= 15 is 0 Å². The van der Waals surface area contributed by atoms with Crippen molar-refractivity contribution in [2.24, 2.45) is 34.0 Å². The molecule has 0 radical (unpaired) electrons. The van der Waals surface area contributed by atoms with E-state index in [-0.39, 0.29) is 46.8 Å². The number of fused-ring (bicyclic) bond motifs is 4. The van der Waals surface area contributed by atoms with Gasteiger partial charge in [-0.05, 0) is 68.9 Å². The SMILES string of the molecule is CC(C)(C)n1nnc(C(=O)N2CC3CC(C2)CS(=O)(=NC(=O)C2CC4C=CC2C4)C3)n1. The molecule has 10 heteroatoms. The summed E-state index contributed by atoms with van der Waals surface area (Å²) in [5, 5.41) is 12.2. The molecule has 2 amide bonds. The van der Waals surface area contributed by atoms with Crippen molar-refractivity contribution in [2.45, 2.75) is 45.6 Å². The number of amides is 2. The highest BCUT2D eigenvalue weighted by molar-refractivity contribution is 7.93. The predicted molar refractivity (Wildman–Crippen MR) is 114 cm³/mol. The first kappa shape index (κ1) is 20.8. The molecule has 4 aliphatic rings. The summed E-state index contributed by atoms with van der Waals surface area (Å²) in [5.41, 5.74) is -0.349. The lowest BCUT2D eigenvalue weighted by molar-refractivity contribution is -0.122. The second-order valence-corrected chi connectivity index (χ2v) is 13.1. The van der Waals surface area contributed by atoms with E-state index in [9.17, 15) is 13.8 Å². The lowest BCUT2D eigenvalue weighted by atomic mass is 9.91. The van der Waals surface area contributed by atoms with Crippen molar-refractivity contribution in [1.82, 2.24) is 25.1 Å². The molecule has 168 valence electrons. The monoisotopic (exact) mass is 446 g/mol. The molecule has 3 fully saturated rings. The molecule has 2 saturated heterocycles. The van der Waals surface area contributed by atoms with E-state index < -0.39 is 9.73 Å². The van der Waals surface area contributed by atoms with E-state index in [0.717, 1.165) is 19.3 Å². The van der Waals surface area contributed by atoms with Crippen molar-refractivity contribution in [2.75, 3.05) is 24.6 Å². The van der Waals surface area contributed by atoms with E-state index in [4.69, 9.17) is 0 Å². The van der Waals surface area contributed by atoms with Crippen molar-refractivity contribution in [3.05, 3.63) is 18.0 Å². The number of hydrogen-bond donors (Lipinski definition) is 0. The van der Waals surface area contributed by atoms with Gasteiger partial charge in [0.15, 0.2) is 0 Å². The first-order valence-corrected chi connectivity index (χ1v) is 13.0. The van der Waals surface area contributed by atoms with Gasteiger partial charge >= 0.3 is 0 Å². The van der Waals surface area contributed by atoms with Crippen molar-refractivity contribution >= 4 is 21.5 Å². The van der Waals surface area contributed by atoms with Crippen LogP contribution in [0.25, 0.3) is 0 Å². The van der Waals surface area contributed by atoms with Crippen molar-refractivity contribution in [3.63, 3.8) is 0 Å². The number of hydrogen-bond acceptors (Lipinski definition) is 6. The number of piperidine rings is 1. The molecular weight excluding hydrogens is 416 g/mol. The third kappa shape index (κ3) is 3.94. The molecule has 1 aromatic rings. The summed E-state index contributed by atoms with van der Waals surface area (Å²) in [6, 6.07) is 0. The van der Waals surface area contributed by atoms with E-state index in [1.165, 1.54) is 4.80 Å². The van der Waals surface area contributed by atoms with Crippen LogP contribution >= 0.6 is 0 Å². The standard InChI is InChI=1S/C21H30N6O3S/c1-21(2,3)27-23-18(22-25-27)20(29)26-9-14-6-15(10-26)12-31(30,11-14)24-19(28)17-8-13-4-5-16(17)7-13/h4-5,13-17H,6-12H2,1-3H3. The second-order valence-electron chi connectivity index (χ2n) is 10.7. The number of rotatable bonds is 2. The Kier molecular flexibility index (Phi) is 4.84. The highest BCUT2D eigenvalue weighted by Crippen LogP contribution is 2.44. The van der Waals surface area contributed by atoms with Gasteiger partial charge in [0.05, 0.1) is 15.3 Å². The van der Waals surface area contributed by atoms with Crippen LogP contribution in [0.5, 0.6) is 0 Å². The molecule has 5 atom stereocenters. The Balaban J connectivity index is 1.28. The molecule has 9 nitrogen and oxygen atoms in total. The van der Waals surface area contributed by atoms with Gasteiger partial charge in [0, 0.05) is 30.5 Å².